The quantitative estimate of drug-likeness (QED) is 0.319. The van der Waals surface area contributed by atoms with Crippen LogP contribution in [-0.2, 0) is 9.59 Å². The Morgan fingerprint density at radius 3 is 2.60 bits per heavy atom. The summed E-state index contributed by atoms with van der Waals surface area (Å²) in [5, 5.41) is 0. The van der Waals surface area contributed by atoms with E-state index in [4.69, 9.17) is 4.74 Å². The number of hydrogen-bond donors (Lipinski definition) is 0. The first-order chi connectivity index (χ1) is 7.24. The van der Waals surface area contributed by atoms with Gasteiger partial charge in [-0.05, 0) is 18.6 Å². The molecule has 0 fully saturated rings. The molecule has 0 aliphatic rings. The summed E-state index contributed by atoms with van der Waals surface area (Å²) in [7, 11) is 0. The molecule has 78 valence electrons. The SMILES string of the molecule is C=C(CCC=O)C(=O)Oc1ccccc1. The lowest BCUT2D eigenvalue weighted by atomic mass is 10.2. The Hall–Kier alpha value is -1.90. The maximum Gasteiger partial charge on any atom is 0.338 e. The van der Waals surface area contributed by atoms with Crippen molar-refractivity contribution in [1.29, 1.82) is 0 Å². The van der Waals surface area contributed by atoms with Crippen molar-refractivity contribution in [3.8, 4) is 5.75 Å². The lowest BCUT2D eigenvalue weighted by Gasteiger charge is -2.04. The van der Waals surface area contributed by atoms with Gasteiger partial charge in [0.25, 0.3) is 0 Å². The van der Waals surface area contributed by atoms with Crippen LogP contribution in [0.4, 0.5) is 0 Å². The van der Waals surface area contributed by atoms with Crippen LogP contribution in [-0.4, -0.2) is 12.3 Å². The number of ether oxygens (including phenoxy) is 1. The normalized spacial score (nSPS) is 9.33. The van der Waals surface area contributed by atoms with Gasteiger partial charge < -0.3 is 9.53 Å². The molecule has 0 spiro atoms. The maximum absolute atomic E-state index is 11.4. The van der Waals surface area contributed by atoms with Crippen LogP contribution < -0.4 is 4.74 Å². The van der Waals surface area contributed by atoms with Crippen LogP contribution in [0.3, 0.4) is 0 Å². The van der Waals surface area contributed by atoms with Gasteiger partial charge in [-0.25, -0.2) is 4.79 Å². The number of benzene rings is 1. The second kappa shape index (κ2) is 5.75. The molecule has 0 saturated carbocycles. The van der Waals surface area contributed by atoms with Crippen molar-refractivity contribution in [2.24, 2.45) is 0 Å². The van der Waals surface area contributed by atoms with Crippen molar-refractivity contribution >= 4 is 12.3 Å². The Balaban J connectivity index is 2.49. The van der Waals surface area contributed by atoms with E-state index in [2.05, 4.69) is 6.58 Å². The zero-order valence-corrected chi connectivity index (χ0v) is 8.31. The van der Waals surface area contributed by atoms with Crippen LogP contribution >= 0.6 is 0 Å². The van der Waals surface area contributed by atoms with E-state index in [1.54, 1.807) is 24.3 Å². The largest absolute Gasteiger partial charge is 0.423 e. The topological polar surface area (TPSA) is 43.4 Å². The molecule has 3 nitrogen and oxygen atoms in total. The number of aldehydes is 1. The average molecular weight is 204 g/mol. The molecule has 1 rings (SSSR count). The van der Waals surface area contributed by atoms with Crippen molar-refractivity contribution < 1.29 is 14.3 Å². The first-order valence-electron chi connectivity index (χ1n) is 4.62. The Morgan fingerprint density at radius 2 is 2.00 bits per heavy atom. The van der Waals surface area contributed by atoms with Crippen LogP contribution in [0, 0.1) is 0 Å². The van der Waals surface area contributed by atoms with E-state index in [-0.39, 0.29) is 0 Å². The van der Waals surface area contributed by atoms with Crippen LogP contribution in [0.15, 0.2) is 42.5 Å². The number of rotatable bonds is 5. The predicted octanol–water partition coefficient (Wildman–Crippen LogP) is 2.13. The third kappa shape index (κ3) is 3.77. The van der Waals surface area contributed by atoms with E-state index in [0.29, 0.717) is 24.2 Å². The highest BCUT2D eigenvalue weighted by molar-refractivity contribution is 5.89. The fourth-order valence-corrected chi connectivity index (χ4v) is 1.00. The molecule has 0 amide bonds. The van der Waals surface area contributed by atoms with Gasteiger partial charge in [0.05, 0.1) is 0 Å². The molecule has 1 aromatic carbocycles. The molecule has 1 aromatic rings. The number of esters is 1. The minimum absolute atomic E-state index is 0.294. The highest BCUT2D eigenvalue weighted by Crippen LogP contribution is 2.11. The van der Waals surface area contributed by atoms with Crippen molar-refractivity contribution in [1.82, 2.24) is 0 Å². The van der Waals surface area contributed by atoms with Crippen molar-refractivity contribution in [3.63, 3.8) is 0 Å². The third-order valence-corrected chi connectivity index (χ3v) is 1.81. The van der Waals surface area contributed by atoms with Crippen molar-refractivity contribution in [2.75, 3.05) is 0 Å². The molecule has 0 heterocycles. The van der Waals surface area contributed by atoms with E-state index < -0.39 is 5.97 Å². The van der Waals surface area contributed by atoms with Gasteiger partial charge in [-0.2, -0.15) is 0 Å². The molecule has 0 aliphatic heterocycles. The summed E-state index contributed by atoms with van der Waals surface area (Å²) in [5.74, 6) is -0.00203. The lowest BCUT2D eigenvalue weighted by molar-refractivity contribution is -0.130. The van der Waals surface area contributed by atoms with E-state index in [1.165, 1.54) is 0 Å². The molecule has 3 heteroatoms. The van der Waals surface area contributed by atoms with Gasteiger partial charge in [-0.15, -0.1) is 0 Å². The molecule has 0 aliphatic carbocycles. The summed E-state index contributed by atoms with van der Waals surface area (Å²) in [6.45, 7) is 3.55. The molecule has 0 N–H and O–H groups in total. The van der Waals surface area contributed by atoms with E-state index in [0.717, 1.165) is 6.29 Å². The van der Waals surface area contributed by atoms with E-state index >= 15 is 0 Å². The summed E-state index contributed by atoms with van der Waals surface area (Å²) < 4.78 is 5.02. The van der Waals surface area contributed by atoms with Crippen LogP contribution in [0.5, 0.6) is 5.75 Å². The minimum Gasteiger partial charge on any atom is -0.423 e. The fraction of sp³-hybridized carbons (Fsp3) is 0.167. The molecule has 0 aromatic heterocycles. The molecule has 0 bridgehead atoms. The van der Waals surface area contributed by atoms with Gasteiger partial charge >= 0.3 is 5.97 Å². The molecule has 15 heavy (non-hydrogen) atoms. The maximum atomic E-state index is 11.4. The minimum atomic E-state index is -0.483. The Bertz CT molecular complexity index is 354. The third-order valence-electron chi connectivity index (χ3n) is 1.81. The highest BCUT2D eigenvalue weighted by atomic mass is 16.5. The first-order valence-corrected chi connectivity index (χ1v) is 4.62. The summed E-state index contributed by atoms with van der Waals surface area (Å²) in [6.07, 6.45) is 1.39. The standard InChI is InChI=1S/C12H12O3/c1-10(6-5-9-13)12(14)15-11-7-3-2-4-8-11/h2-4,7-9H,1,5-6H2. The van der Waals surface area contributed by atoms with Crippen LogP contribution in [0.2, 0.25) is 0 Å². The molecule has 0 atom stereocenters. The average Bonchev–Trinajstić information content (AvgIpc) is 2.27. The second-order valence-electron chi connectivity index (χ2n) is 3.01. The zero-order chi connectivity index (χ0) is 11.1. The summed E-state index contributed by atoms with van der Waals surface area (Å²) in [5.41, 5.74) is 0.311. The summed E-state index contributed by atoms with van der Waals surface area (Å²) >= 11 is 0. The van der Waals surface area contributed by atoms with Gasteiger partial charge in [0.1, 0.15) is 12.0 Å². The highest BCUT2D eigenvalue weighted by Gasteiger charge is 2.08. The van der Waals surface area contributed by atoms with E-state index in [1.807, 2.05) is 6.07 Å². The number of para-hydroxylation sites is 1. The molecular weight excluding hydrogens is 192 g/mol. The van der Waals surface area contributed by atoms with Gasteiger partial charge in [0, 0.05) is 12.0 Å². The Kier molecular flexibility index (Phi) is 4.29. The summed E-state index contributed by atoms with van der Waals surface area (Å²) in [4.78, 5) is 21.5. The summed E-state index contributed by atoms with van der Waals surface area (Å²) in [6, 6.07) is 8.75. The van der Waals surface area contributed by atoms with Gasteiger partial charge in [-0.3, -0.25) is 0 Å². The molecule has 0 unspecified atom stereocenters. The molecule has 0 saturated heterocycles. The Labute approximate surface area is 88.4 Å². The van der Waals surface area contributed by atoms with Crippen molar-refractivity contribution in [3.05, 3.63) is 42.5 Å². The van der Waals surface area contributed by atoms with E-state index in [9.17, 15) is 9.59 Å². The van der Waals surface area contributed by atoms with Gasteiger partial charge in [0.15, 0.2) is 0 Å². The van der Waals surface area contributed by atoms with Crippen LogP contribution in [0.1, 0.15) is 12.8 Å². The van der Waals surface area contributed by atoms with Gasteiger partial charge in [0.2, 0.25) is 0 Å². The second-order valence-corrected chi connectivity index (χ2v) is 3.01. The molecule has 0 radical (unpaired) electrons. The fourth-order valence-electron chi connectivity index (χ4n) is 1.00. The molecular formula is C12H12O3. The first kappa shape index (κ1) is 11.2. The smallest absolute Gasteiger partial charge is 0.338 e. The van der Waals surface area contributed by atoms with Crippen molar-refractivity contribution in [2.45, 2.75) is 12.8 Å². The van der Waals surface area contributed by atoms with Gasteiger partial charge in [-0.1, -0.05) is 24.8 Å². The predicted molar refractivity (Wildman–Crippen MR) is 56.5 cm³/mol. The number of hydrogen-bond acceptors (Lipinski definition) is 3. The Morgan fingerprint density at radius 1 is 1.33 bits per heavy atom. The zero-order valence-electron chi connectivity index (χ0n) is 8.31. The lowest BCUT2D eigenvalue weighted by Crippen LogP contribution is -2.10. The monoisotopic (exact) mass is 204 g/mol. The number of carbonyl (C=O) groups excluding carboxylic acids is 2. The number of carbonyl (C=O) groups is 2. The van der Waals surface area contributed by atoms with Crippen LogP contribution in [0.25, 0.3) is 0 Å².